The van der Waals surface area contributed by atoms with Crippen LogP contribution >= 0.6 is 11.3 Å². The van der Waals surface area contributed by atoms with Crippen molar-refractivity contribution in [2.75, 3.05) is 13.6 Å². The summed E-state index contributed by atoms with van der Waals surface area (Å²) in [6.45, 7) is 4.77. The third-order valence-electron chi connectivity index (χ3n) is 5.14. The van der Waals surface area contributed by atoms with E-state index < -0.39 is 0 Å². The molecule has 0 aromatic carbocycles. The topological polar surface area (TPSA) is 87.5 Å². The number of aromatic nitrogens is 1. The van der Waals surface area contributed by atoms with Crippen molar-refractivity contribution < 1.29 is 14.0 Å². The Labute approximate surface area is 163 Å². The standard InChI is InChI=1S/C19H26N4O3S/c1-12-17(6-7-26-12)19(25)21-10-16-5-4-15(23(16)3)8-18(24)20-9-14-11-27-13(2)22-14/h6-7,11,15-16H,4-5,8-10H2,1-3H3,(H,20,24)(H,21,25)/t15-,16+/m1/s1. The van der Waals surface area contributed by atoms with Crippen LogP contribution in [0.2, 0.25) is 0 Å². The van der Waals surface area contributed by atoms with Crippen LogP contribution in [-0.4, -0.2) is 47.4 Å². The van der Waals surface area contributed by atoms with E-state index in [0.29, 0.717) is 30.8 Å². The van der Waals surface area contributed by atoms with Crippen LogP contribution in [0.15, 0.2) is 22.1 Å². The van der Waals surface area contributed by atoms with Crippen LogP contribution in [0.4, 0.5) is 0 Å². The summed E-state index contributed by atoms with van der Waals surface area (Å²) < 4.78 is 5.18. The number of likely N-dealkylation sites (tertiary alicyclic amines) is 1. The van der Waals surface area contributed by atoms with Gasteiger partial charge in [-0.2, -0.15) is 0 Å². The van der Waals surface area contributed by atoms with Gasteiger partial charge in [-0.3, -0.25) is 14.5 Å². The zero-order valence-corrected chi connectivity index (χ0v) is 16.8. The van der Waals surface area contributed by atoms with Crippen LogP contribution in [0.3, 0.4) is 0 Å². The van der Waals surface area contributed by atoms with Crippen molar-refractivity contribution in [1.29, 1.82) is 0 Å². The molecule has 2 N–H and O–H groups in total. The quantitative estimate of drug-likeness (QED) is 0.757. The molecule has 0 bridgehead atoms. The van der Waals surface area contributed by atoms with Crippen molar-refractivity contribution in [3.8, 4) is 0 Å². The maximum Gasteiger partial charge on any atom is 0.254 e. The van der Waals surface area contributed by atoms with Crippen LogP contribution in [0.5, 0.6) is 0 Å². The van der Waals surface area contributed by atoms with Crippen LogP contribution in [0.25, 0.3) is 0 Å². The Morgan fingerprint density at radius 3 is 2.74 bits per heavy atom. The maximum atomic E-state index is 12.2. The SMILES string of the molecule is Cc1nc(CNC(=O)C[C@H]2CC[C@@H](CNC(=O)c3ccoc3C)N2C)cs1. The van der Waals surface area contributed by atoms with Gasteiger partial charge in [-0.25, -0.2) is 4.98 Å². The average molecular weight is 391 g/mol. The molecule has 1 aliphatic heterocycles. The van der Waals surface area contributed by atoms with Gasteiger partial charge in [-0.15, -0.1) is 11.3 Å². The smallest absolute Gasteiger partial charge is 0.254 e. The molecule has 7 nitrogen and oxygen atoms in total. The lowest BCUT2D eigenvalue weighted by atomic mass is 10.1. The van der Waals surface area contributed by atoms with Gasteiger partial charge in [0.1, 0.15) is 5.76 Å². The van der Waals surface area contributed by atoms with Gasteiger partial charge in [-0.1, -0.05) is 0 Å². The van der Waals surface area contributed by atoms with Gasteiger partial charge >= 0.3 is 0 Å². The molecule has 3 rings (SSSR count). The molecule has 2 atom stereocenters. The fourth-order valence-corrected chi connectivity index (χ4v) is 4.09. The highest BCUT2D eigenvalue weighted by molar-refractivity contribution is 7.09. The summed E-state index contributed by atoms with van der Waals surface area (Å²) in [6.07, 6.45) is 3.90. The Morgan fingerprint density at radius 2 is 2.07 bits per heavy atom. The Hall–Kier alpha value is -2.19. The van der Waals surface area contributed by atoms with E-state index in [9.17, 15) is 9.59 Å². The lowest BCUT2D eigenvalue weighted by Gasteiger charge is -2.25. The van der Waals surface area contributed by atoms with Crippen LogP contribution in [-0.2, 0) is 11.3 Å². The monoisotopic (exact) mass is 390 g/mol. The van der Waals surface area contributed by atoms with E-state index in [4.69, 9.17) is 4.42 Å². The van der Waals surface area contributed by atoms with Gasteiger partial charge in [0.25, 0.3) is 5.91 Å². The summed E-state index contributed by atoms with van der Waals surface area (Å²) in [5.74, 6) is 0.544. The second-order valence-electron chi connectivity index (χ2n) is 6.99. The van der Waals surface area contributed by atoms with Crippen molar-refractivity contribution in [3.63, 3.8) is 0 Å². The Balaban J connectivity index is 1.42. The summed E-state index contributed by atoms with van der Waals surface area (Å²) in [4.78, 5) is 31.0. The third-order valence-corrected chi connectivity index (χ3v) is 5.96. The largest absolute Gasteiger partial charge is 0.469 e. The summed E-state index contributed by atoms with van der Waals surface area (Å²) in [7, 11) is 2.02. The van der Waals surface area contributed by atoms with Crippen LogP contribution < -0.4 is 10.6 Å². The number of thiazole rings is 1. The summed E-state index contributed by atoms with van der Waals surface area (Å²) >= 11 is 1.59. The van der Waals surface area contributed by atoms with E-state index in [2.05, 4.69) is 20.5 Å². The lowest BCUT2D eigenvalue weighted by molar-refractivity contribution is -0.122. The van der Waals surface area contributed by atoms with Gasteiger partial charge in [0.2, 0.25) is 5.91 Å². The molecule has 27 heavy (non-hydrogen) atoms. The number of carbonyl (C=O) groups excluding carboxylic acids is 2. The van der Waals surface area contributed by atoms with Crippen molar-refractivity contribution in [1.82, 2.24) is 20.5 Å². The van der Waals surface area contributed by atoms with Gasteiger partial charge in [0.15, 0.2) is 0 Å². The molecular formula is C19H26N4O3S. The van der Waals surface area contributed by atoms with Crippen molar-refractivity contribution in [3.05, 3.63) is 39.7 Å². The predicted molar refractivity (Wildman–Crippen MR) is 104 cm³/mol. The van der Waals surface area contributed by atoms with E-state index in [1.807, 2.05) is 19.4 Å². The highest BCUT2D eigenvalue weighted by Crippen LogP contribution is 2.24. The van der Waals surface area contributed by atoms with E-state index in [-0.39, 0.29) is 23.9 Å². The Kier molecular flexibility index (Phi) is 6.28. The van der Waals surface area contributed by atoms with Gasteiger partial charge < -0.3 is 15.1 Å². The van der Waals surface area contributed by atoms with E-state index >= 15 is 0 Å². The fourth-order valence-electron chi connectivity index (χ4n) is 3.47. The first-order chi connectivity index (χ1) is 12.9. The molecule has 0 unspecified atom stereocenters. The highest BCUT2D eigenvalue weighted by atomic mass is 32.1. The average Bonchev–Trinajstić information content (AvgIpc) is 3.33. The molecule has 8 heteroatoms. The number of aryl methyl sites for hydroxylation is 2. The first-order valence-electron chi connectivity index (χ1n) is 9.16. The summed E-state index contributed by atoms with van der Waals surface area (Å²) in [6, 6.07) is 2.11. The van der Waals surface area contributed by atoms with E-state index in [0.717, 1.165) is 23.5 Å². The number of rotatable bonds is 7. The number of nitrogens with zero attached hydrogens (tertiary/aromatic N) is 2. The van der Waals surface area contributed by atoms with Gasteiger partial charge in [0, 0.05) is 30.4 Å². The molecule has 3 heterocycles. The van der Waals surface area contributed by atoms with Crippen molar-refractivity contribution >= 4 is 23.2 Å². The molecule has 0 spiro atoms. The molecule has 2 aromatic heterocycles. The maximum absolute atomic E-state index is 12.2. The number of hydrogen-bond acceptors (Lipinski definition) is 6. The van der Waals surface area contributed by atoms with Gasteiger partial charge in [-0.05, 0) is 39.8 Å². The Morgan fingerprint density at radius 1 is 1.30 bits per heavy atom. The number of carbonyl (C=O) groups is 2. The first kappa shape index (κ1) is 19.6. The van der Waals surface area contributed by atoms with E-state index in [1.54, 1.807) is 24.3 Å². The van der Waals surface area contributed by atoms with E-state index in [1.165, 1.54) is 6.26 Å². The zero-order chi connectivity index (χ0) is 19.4. The zero-order valence-electron chi connectivity index (χ0n) is 15.9. The van der Waals surface area contributed by atoms with Crippen molar-refractivity contribution in [2.45, 2.75) is 51.7 Å². The molecule has 1 saturated heterocycles. The van der Waals surface area contributed by atoms with Gasteiger partial charge in [0.05, 0.1) is 29.1 Å². The number of likely N-dealkylation sites (N-methyl/N-ethyl adjacent to an activating group) is 1. The summed E-state index contributed by atoms with van der Waals surface area (Å²) in [5, 5.41) is 8.90. The molecule has 0 radical (unpaired) electrons. The minimum Gasteiger partial charge on any atom is -0.469 e. The molecule has 0 saturated carbocycles. The second-order valence-corrected chi connectivity index (χ2v) is 8.05. The van der Waals surface area contributed by atoms with Crippen LogP contribution in [0, 0.1) is 13.8 Å². The fraction of sp³-hybridized carbons (Fsp3) is 0.526. The second kappa shape index (κ2) is 8.67. The molecule has 1 aliphatic rings. The molecular weight excluding hydrogens is 364 g/mol. The number of hydrogen-bond donors (Lipinski definition) is 2. The van der Waals surface area contributed by atoms with Crippen molar-refractivity contribution in [2.24, 2.45) is 0 Å². The number of nitrogens with one attached hydrogen (secondary N) is 2. The third kappa shape index (κ3) is 4.95. The van der Waals surface area contributed by atoms with Crippen LogP contribution in [0.1, 0.15) is 46.1 Å². The normalized spacial score (nSPS) is 20.0. The Bertz CT molecular complexity index is 800. The predicted octanol–water partition coefficient (Wildman–Crippen LogP) is 2.25. The molecule has 146 valence electrons. The first-order valence-corrected chi connectivity index (χ1v) is 10.0. The lowest BCUT2D eigenvalue weighted by Crippen LogP contribution is -2.42. The molecule has 0 aliphatic carbocycles. The molecule has 1 fully saturated rings. The number of amides is 2. The molecule has 2 amide bonds. The highest BCUT2D eigenvalue weighted by Gasteiger charge is 2.32. The number of furan rings is 1. The minimum atomic E-state index is -0.116. The summed E-state index contributed by atoms with van der Waals surface area (Å²) in [5.41, 5.74) is 1.48. The minimum absolute atomic E-state index is 0.0382. The molecule has 2 aromatic rings.